The second-order valence-corrected chi connectivity index (χ2v) is 8.16. The summed E-state index contributed by atoms with van der Waals surface area (Å²) in [5.41, 5.74) is 3.39. The van der Waals surface area contributed by atoms with Crippen LogP contribution in [0.3, 0.4) is 0 Å². The van der Waals surface area contributed by atoms with Gasteiger partial charge in [-0.25, -0.2) is 19.9 Å². The molecule has 0 saturated carbocycles. The molecule has 0 aliphatic carbocycles. The van der Waals surface area contributed by atoms with Gasteiger partial charge in [-0.2, -0.15) is 0 Å². The van der Waals surface area contributed by atoms with Crippen LogP contribution in [0, 0.1) is 0 Å². The van der Waals surface area contributed by atoms with Gasteiger partial charge in [0.25, 0.3) is 0 Å². The van der Waals surface area contributed by atoms with E-state index in [0.29, 0.717) is 30.1 Å². The van der Waals surface area contributed by atoms with E-state index in [9.17, 15) is 0 Å². The van der Waals surface area contributed by atoms with Crippen LogP contribution in [-0.4, -0.2) is 62.2 Å². The Balaban J connectivity index is 0.000000214. The van der Waals surface area contributed by atoms with Crippen molar-refractivity contribution in [2.45, 2.75) is 38.5 Å². The Morgan fingerprint density at radius 3 is 2.67 bits per heavy atom. The molecule has 0 aromatic carbocycles. The molecule has 0 bridgehead atoms. The predicted octanol–water partition coefficient (Wildman–Crippen LogP) is 4.65. The molecule has 0 amide bonds. The molecular formula is C22H26Cl2N6O3. The molecule has 176 valence electrons. The zero-order chi connectivity index (χ0) is 22.9. The van der Waals surface area contributed by atoms with Gasteiger partial charge in [-0.3, -0.25) is 0 Å². The highest BCUT2D eigenvalue weighted by molar-refractivity contribution is 6.33. The highest BCUT2D eigenvalue weighted by Crippen LogP contribution is 2.20. The fourth-order valence-corrected chi connectivity index (χ4v) is 3.98. The van der Waals surface area contributed by atoms with Gasteiger partial charge in [0.05, 0.1) is 24.2 Å². The van der Waals surface area contributed by atoms with Crippen molar-refractivity contribution in [3.63, 3.8) is 0 Å². The fourth-order valence-electron chi connectivity index (χ4n) is 3.54. The summed E-state index contributed by atoms with van der Waals surface area (Å²) >= 11 is 11.8. The third-order valence-electron chi connectivity index (χ3n) is 5.16. The van der Waals surface area contributed by atoms with Gasteiger partial charge in [0, 0.05) is 32.2 Å². The quantitative estimate of drug-likeness (QED) is 0.282. The molecular weight excluding hydrogens is 467 g/mol. The van der Waals surface area contributed by atoms with E-state index in [0.717, 1.165) is 54.5 Å². The first-order valence-corrected chi connectivity index (χ1v) is 11.7. The number of hydrogen-bond acceptors (Lipinski definition) is 7. The number of fused-ring (bicyclic) bond motifs is 2. The summed E-state index contributed by atoms with van der Waals surface area (Å²) in [5, 5.41) is 0.955. The van der Waals surface area contributed by atoms with Crippen molar-refractivity contribution in [3.8, 4) is 0 Å². The first-order valence-electron chi connectivity index (χ1n) is 10.9. The number of aryl methyl sites for hydroxylation is 1. The first kappa shape index (κ1) is 23.8. The number of H-pyrrole nitrogens is 1. The normalized spacial score (nSPS) is 16.1. The van der Waals surface area contributed by atoms with Gasteiger partial charge in [0.2, 0.25) is 0 Å². The number of rotatable bonds is 8. The number of nitrogens with zero attached hydrogens (tertiary/aromatic N) is 5. The molecule has 4 aromatic rings. The second-order valence-electron chi connectivity index (χ2n) is 7.44. The minimum absolute atomic E-state index is 0.0410. The van der Waals surface area contributed by atoms with Gasteiger partial charge in [-0.15, -0.1) is 0 Å². The topological polar surface area (TPSA) is 100.0 Å². The molecule has 0 spiro atoms. The predicted molar refractivity (Wildman–Crippen MR) is 126 cm³/mol. The van der Waals surface area contributed by atoms with Gasteiger partial charge in [-0.05, 0) is 37.8 Å². The third-order valence-corrected chi connectivity index (χ3v) is 5.72. The molecule has 5 rings (SSSR count). The molecule has 9 nitrogen and oxygen atoms in total. The molecule has 1 aliphatic rings. The Hall–Kier alpha value is -2.30. The molecule has 1 aliphatic heterocycles. The van der Waals surface area contributed by atoms with Crippen LogP contribution in [0.15, 0.2) is 37.2 Å². The summed E-state index contributed by atoms with van der Waals surface area (Å²) in [6, 6.07) is 3.80. The minimum atomic E-state index is -0.0410. The second kappa shape index (κ2) is 12.2. The lowest BCUT2D eigenvalue weighted by Crippen LogP contribution is -2.24. The van der Waals surface area contributed by atoms with E-state index >= 15 is 0 Å². The fraction of sp³-hybridized carbons (Fsp3) is 0.455. The lowest BCUT2D eigenvalue weighted by Gasteiger charge is -2.22. The first-order chi connectivity index (χ1) is 16.2. The number of aromatic nitrogens is 6. The van der Waals surface area contributed by atoms with E-state index in [4.69, 9.17) is 37.4 Å². The van der Waals surface area contributed by atoms with Crippen molar-refractivity contribution in [2.24, 2.45) is 0 Å². The minimum Gasteiger partial charge on any atom is -0.379 e. The largest absolute Gasteiger partial charge is 0.379 e. The number of hydrogen-bond donors (Lipinski definition) is 1. The van der Waals surface area contributed by atoms with E-state index in [1.54, 1.807) is 6.20 Å². The van der Waals surface area contributed by atoms with E-state index in [1.165, 1.54) is 19.1 Å². The van der Waals surface area contributed by atoms with Crippen LogP contribution in [0.2, 0.25) is 10.3 Å². The summed E-state index contributed by atoms with van der Waals surface area (Å²) < 4.78 is 18.8. The summed E-state index contributed by atoms with van der Waals surface area (Å²) in [6.07, 6.45) is 10.9. The molecule has 1 saturated heterocycles. The highest BCUT2D eigenvalue weighted by Gasteiger charge is 2.13. The molecule has 33 heavy (non-hydrogen) atoms. The smallest absolute Gasteiger partial charge is 0.157 e. The molecule has 1 fully saturated rings. The molecule has 1 unspecified atom stereocenters. The average Bonchev–Trinajstić information content (AvgIpc) is 3.48. The molecule has 1 N–H and O–H groups in total. The zero-order valence-electron chi connectivity index (χ0n) is 18.1. The van der Waals surface area contributed by atoms with Crippen LogP contribution < -0.4 is 0 Å². The molecule has 4 aromatic heterocycles. The van der Waals surface area contributed by atoms with Crippen molar-refractivity contribution in [1.82, 2.24) is 29.5 Å². The molecule has 5 heterocycles. The number of halogens is 2. The summed E-state index contributed by atoms with van der Waals surface area (Å²) in [7, 11) is 0. The Kier molecular flexibility index (Phi) is 8.85. The Bertz CT molecular complexity index is 1150. The van der Waals surface area contributed by atoms with Gasteiger partial charge >= 0.3 is 0 Å². The molecule has 0 radical (unpaired) electrons. The van der Waals surface area contributed by atoms with Crippen LogP contribution in [0.25, 0.3) is 22.1 Å². The third kappa shape index (κ3) is 6.61. The van der Waals surface area contributed by atoms with Gasteiger partial charge in [0.1, 0.15) is 23.7 Å². The van der Waals surface area contributed by atoms with Crippen molar-refractivity contribution >= 4 is 45.3 Å². The number of nitrogens with one attached hydrogen (secondary N) is 1. The number of ether oxygens (including phenoxy) is 3. The van der Waals surface area contributed by atoms with Crippen LogP contribution in [0.4, 0.5) is 0 Å². The highest BCUT2D eigenvalue weighted by atomic mass is 35.5. The van der Waals surface area contributed by atoms with Crippen molar-refractivity contribution in [3.05, 3.63) is 47.5 Å². The summed E-state index contributed by atoms with van der Waals surface area (Å²) in [5.74, 6) is 0. The van der Waals surface area contributed by atoms with E-state index in [1.807, 2.05) is 18.3 Å². The van der Waals surface area contributed by atoms with Crippen molar-refractivity contribution in [2.75, 3.05) is 26.4 Å². The maximum atomic E-state index is 6.13. The van der Waals surface area contributed by atoms with E-state index in [2.05, 4.69) is 29.5 Å². The molecule has 1 atom stereocenters. The Morgan fingerprint density at radius 2 is 1.85 bits per heavy atom. The van der Waals surface area contributed by atoms with Crippen LogP contribution in [-0.2, 0) is 20.8 Å². The molecule has 11 heteroatoms. The van der Waals surface area contributed by atoms with Crippen molar-refractivity contribution < 1.29 is 14.2 Å². The van der Waals surface area contributed by atoms with Crippen molar-refractivity contribution in [1.29, 1.82) is 0 Å². The monoisotopic (exact) mass is 492 g/mol. The Morgan fingerprint density at radius 1 is 1.00 bits per heavy atom. The van der Waals surface area contributed by atoms with E-state index in [-0.39, 0.29) is 6.29 Å². The maximum absolute atomic E-state index is 6.13. The lowest BCUT2D eigenvalue weighted by atomic mass is 10.2. The number of aromatic amines is 1. The lowest BCUT2D eigenvalue weighted by molar-refractivity contribution is -0.169. The van der Waals surface area contributed by atoms with Gasteiger partial charge in [-0.1, -0.05) is 23.2 Å². The maximum Gasteiger partial charge on any atom is 0.157 e. The van der Waals surface area contributed by atoms with Crippen LogP contribution in [0.5, 0.6) is 0 Å². The summed E-state index contributed by atoms with van der Waals surface area (Å²) in [6.45, 7) is 3.48. The average molecular weight is 493 g/mol. The van der Waals surface area contributed by atoms with Crippen LogP contribution >= 0.6 is 23.2 Å². The van der Waals surface area contributed by atoms with Gasteiger partial charge < -0.3 is 23.8 Å². The Labute approximate surface area is 201 Å². The van der Waals surface area contributed by atoms with Gasteiger partial charge in [0.15, 0.2) is 16.6 Å². The SMILES string of the molecule is Clc1ncnc2cc[nH]c12.Clc1ncnc2ccn(CCCOCCOC3CCCCO3)c12. The van der Waals surface area contributed by atoms with E-state index < -0.39 is 0 Å². The zero-order valence-corrected chi connectivity index (χ0v) is 19.6. The van der Waals surface area contributed by atoms with Crippen LogP contribution in [0.1, 0.15) is 25.7 Å². The standard InChI is InChI=1S/C16H22ClN3O3.C6H4ClN3/c17-16-15-13(18-12-19-16)5-7-20(15)6-3-8-21-10-11-23-14-4-1-2-9-22-14;7-6-5-4(1-2-8-5)9-3-10-6/h5,7,12,14H,1-4,6,8-11H2;1-3,8H. The summed E-state index contributed by atoms with van der Waals surface area (Å²) in [4.78, 5) is 18.9.